The summed E-state index contributed by atoms with van der Waals surface area (Å²) in [5, 5.41) is 3.37. The second-order valence-electron chi connectivity index (χ2n) is 6.03. The van der Waals surface area contributed by atoms with Gasteiger partial charge in [0.15, 0.2) is 0 Å². The van der Waals surface area contributed by atoms with E-state index in [1.54, 1.807) is 24.3 Å². The third-order valence-electron chi connectivity index (χ3n) is 4.24. The summed E-state index contributed by atoms with van der Waals surface area (Å²) in [6.07, 6.45) is 0. The highest BCUT2D eigenvalue weighted by Gasteiger charge is 2.15. The first-order valence-corrected chi connectivity index (χ1v) is 8.30. The zero-order valence-corrected chi connectivity index (χ0v) is 14.4. The van der Waals surface area contributed by atoms with Crippen LogP contribution in [0.1, 0.15) is 10.4 Å². The van der Waals surface area contributed by atoms with E-state index in [1.807, 2.05) is 18.2 Å². The largest absolute Gasteiger partial charge is 0.397 e. The summed E-state index contributed by atoms with van der Waals surface area (Å²) >= 11 is 5.93. The van der Waals surface area contributed by atoms with Gasteiger partial charge in [-0.1, -0.05) is 17.7 Å². The smallest absolute Gasteiger partial charge is 0.255 e. The minimum absolute atomic E-state index is 0.225. The van der Waals surface area contributed by atoms with E-state index in [2.05, 4.69) is 22.2 Å². The molecule has 3 rings (SSSR count). The number of piperazine rings is 1. The number of anilines is 3. The molecule has 5 nitrogen and oxygen atoms in total. The number of nitrogen functional groups attached to an aromatic ring is 1. The Balaban J connectivity index is 1.72. The first-order chi connectivity index (χ1) is 11.5. The fraction of sp³-hybridized carbons (Fsp3) is 0.278. The fourth-order valence-electron chi connectivity index (χ4n) is 2.75. The van der Waals surface area contributed by atoms with Crippen molar-refractivity contribution in [1.82, 2.24) is 4.90 Å². The number of halogens is 1. The molecule has 2 aromatic rings. The molecule has 2 aromatic carbocycles. The van der Waals surface area contributed by atoms with E-state index in [9.17, 15) is 4.79 Å². The van der Waals surface area contributed by atoms with Crippen LogP contribution in [0.3, 0.4) is 0 Å². The Bertz CT molecular complexity index is 742. The Morgan fingerprint density at radius 3 is 2.54 bits per heavy atom. The van der Waals surface area contributed by atoms with Crippen LogP contribution in [0.2, 0.25) is 5.02 Å². The van der Waals surface area contributed by atoms with Gasteiger partial charge in [-0.3, -0.25) is 4.79 Å². The topological polar surface area (TPSA) is 61.6 Å². The van der Waals surface area contributed by atoms with Crippen molar-refractivity contribution in [2.75, 3.05) is 49.2 Å². The molecule has 0 bridgehead atoms. The molecule has 1 aliphatic rings. The summed E-state index contributed by atoms with van der Waals surface area (Å²) in [5.74, 6) is -0.225. The van der Waals surface area contributed by atoms with Gasteiger partial charge in [-0.2, -0.15) is 0 Å². The lowest BCUT2D eigenvalue weighted by Crippen LogP contribution is -2.44. The highest BCUT2D eigenvalue weighted by atomic mass is 35.5. The molecule has 0 spiro atoms. The molecule has 0 radical (unpaired) electrons. The van der Waals surface area contributed by atoms with Gasteiger partial charge in [-0.25, -0.2) is 0 Å². The molecule has 126 valence electrons. The summed E-state index contributed by atoms with van der Waals surface area (Å²) in [6.45, 7) is 4.02. The standard InChI is InChI=1S/C18H21ClN4O/c1-22-7-9-23(10-8-22)15-5-6-17(16(20)12-15)21-18(24)13-3-2-4-14(19)11-13/h2-6,11-12H,7-10,20H2,1H3,(H,21,24). The van der Waals surface area contributed by atoms with Crippen LogP contribution in [0.5, 0.6) is 0 Å². The van der Waals surface area contributed by atoms with Crippen LogP contribution in [-0.2, 0) is 0 Å². The van der Waals surface area contributed by atoms with Gasteiger partial charge in [0, 0.05) is 42.5 Å². The second kappa shape index (κ2) is 7.11. The molecular weight excluding hydrogens is 324 g/mol. The number of hydrogen-bond donors (Lipinski definition) is 2. The molecule has 3 N–H and O–H groups in total. The minimum Gasteiger partial charge on any atom is -0.397 e. The van der Waals surface area contributed by atoms with E-state index in [4.69, 9.17) is 17.3 Å². The third kappa shape index (κ3) is 3.80. The third-order valence-corrected chi connectivity index (χ3v) is 4.47. The highest BCUT2D eigenvalue weighted by molar-refractivity contribution is 6.31. The molecule has 1 saturated heterocycles. The molecule has 0 aliphatic carbocycles. The van der Waals surface area contributed by atoms with Crippen molar-refractivity contribution in [3.05, 3.63) is 53.1 Å². The van der Waals surface area contributed by atoms with Crippen molar-refractivity contribution in [3.8, 4) is 0 Å². The van der Waals surface area contributed by atoms with E-state index in [0.717, 1.165) is 31.9 Å². The maximum absolute atomic E-state index is 12.3. The van der Waals surface area contributed by atoms with Crippen molar-refractivity contribution in [2.45, 2.75) is 0 Å². The van der Waals surface area contributed by atoms with Crippen molar-refractivity contribution in [2.24, 2.45) is 0 Å². The molecule has 24 heavy (non-hydrogen) atoms. The van der Waals surface area contributed by atoms with E-state index in [-0.39, 0.29) is 5.91 Å². The van der Waals surface area contributed by atoms with Gasteiger partial charge in [-0.15, -0.1) is 0 Å². The zero-order valence-electron chi connectivity index (χ0n) is 13.6. The molecule has 0 saturated carbocycles. The zero-order chi connectivity index (χ0) is 17.1. The predicted molar refractivity (Wildman–Crippen MR) is 100.0 cm³/mol. The lowest BCUT2D eigenvalue weighted by Gasteiger charge is -2.34. The normalized spacial score (nSPS) is 15.3. The highest BCUT2D eigenvalue weighted by Crippen LogP contribution is 2.26. The first-order valence-electron chi connectivity index (χ1n) is 7.93. The van der Waals surface area contributed by atoms with Crippen molar-refractivity contribution < 1.29 is 4.79 Å². The quantitative estimate of drug-likeness (QED) is 0.840. The van der Waals surface area contributed by atoms with Crippen LogP contribution >= 0.6 is 11.6 Å². The summed E-state index contributed by atoms with van der Waals surface area (Å²) in [6, 6.07) is 12.6. The van der Waals surface area contributed by atoms with Gasteiger partial charge < -0.3 is 20.9 Å². The monoisotopic (exact) mass is 344 g/mol. The fourth-order valence-corrected chi connectivity index (χ4v) is 2.94. The molecule has 6 heteroatoms. The minimum atomic E-state index is -0.225. The second-order valence-corrected chi connectivity index (χ2v) is 6.46. The number of likely N-dealkylation sites (N-methyl/N-ethyl adjacent to an activating group) is 1. The molecular formula is C18H21ClN4O. The Morgan fingerprint density at radius 1 is 1.12 bits per heavy atom. The number of carbonyl (C=O) groups excluding carboxylic acids is 1. The molecule has 0 unspecified atom stereocenters. The molecule has 1 amide bonds. The average molecular weight is 345 g/mol. The molecule has 1 aliphatic heterocycles. The number of carbonyl (C=O) groups is 1. The van der Waals surface area contributed by atoms with Gasteiger partial charge in [0.1, 0.15) is 0 Å². The van der Waals surface area contributed by atoms with Gasteiger partial charge in [-0.05, 0) is 43.4 Å². The Labute approximate surface area is 147 Å². The van der Waals surface area contributed by atoms with E-state index >= 15 is 0 Å². The van der Waals surface area contributed by atoms with E-state index < -0.39 is 0 Å². The van der Waals surface area contributed by atoms with Crippen LogP contribution in [-0.4, -0.2) is 44.0 Å². The predicted octanol–water partition coefficient (Wildman–Crippen LogP) is 2.93. The van der Waals surface area contributed by atoms with E-state index in [1.165, 1.54) is 0 Å². The number of rotatable bonds is 3. The number of nitrogens with zero attached hydrogens (tertiary/aromatic N) is 2. The van der Waals surface area contributed by atoms with Crippen LogP contribution in [0.4, 0.5) is 17.1 Å². The van der Waals surface area contributed by atoms with Gasteiger partial charge in [0.2, 0.25) is 0 Å². The van der Waals surface area contributed by atoms with Gasteiger partial charge in [0.05, 0.1) is 11.4 Å². The summed E-state index contributed by atoms with van der Waals surface area (Å²) < 4.78 is 0. The molecule has 1 heterocycles. The van der Waals surface area contributed by atoms with E-state index in [0.29, 0.717) is 22.0 Å². The number of nitrogens with two attached hydrogens (primary N) is 1. The van der Waals surface area contributed by atoms with Crippen molar-refractivity contribution in [3.63, 3.8) is 0 Å². The maximum atomic E-state index is 12.3. The van der Waals surface area contributed by atoms with Crippen LogP contribution < -0.4 is 16.0 Å². The lowest BCUT2D eigenvalue weighted by molar-refractivity contribution is 0.102. The van der Waals surface area contributed by atoms with Crippen LogP contribution in [0.15, 0.2) is 42.5 Å². The van der Waals surface area contributed by atoms with Gasteiger partial charge >= 0.3 is 0 Å². The van der Waals surface area contributed by atoms with Crippen LogP contribution in [0, 0.1) is 0 Å². The average Bonchev–Trinajstić information content (AvgIpc) is 2.57. The molecule has 0 aromatic heterocycles. The van der Waals surface area contributed by atoms with Crippen molar-refractivity contribution >= 4 is 34.6 Å². The number of hydrogen-bond acceptors (Lipinski definition) is 4. The number of nitrogens with one attached hydrogen (secondary N) is 1. The number of benzene rings is 2. The summed E-state index contributed by atoms with van der Waals surface area (Å²) in [5.41, 5.74) is 8.89. The van der Waals surface area contributed by atoms with Gasteiger partial charge in [0.25, 0.3) is 5.91 Å². The molecule has 0 atom stereocenters. The Morgan fingerprint density at radius 2 is 1.88 bits per heavy atom. The first kappa shape index (κ1) is 16.6. The Hall–Kier alpha value is -2.24. The SMILES string of the molecule is CN1CCN(c2ccc(NC(=O)c3cccc(Cl)c3)c(N)c2)CC1. The summed E-state index contributed by atoms with van der Waals surface area (Å²) in [7, 11) is 2.13. The maximum Gasteiger partial charge on any atom is 0.255 e. The Kier molecular flexibility index (Phi) is 4.92. The number of amides is 1. The molecule has 1 fully saturated rings. The lowest BCUT2D eigenvalue weighted by atomic mass is 10.1. The van der Waals surface area contributed by atoms with Crippen molar-refractivity contribution in [1.29, 1.82) is 0 Å². The summed E-state index contributed by atoms with van der Waals surface area (Å²) in [4.78, 5) is 16.9. The van der Waals surface area contributed by atoms with Crippen LogP contribution in [0.25, 0.3) is 0 Å².